The van der Waals surface area contributed by atoms with Crippen LogP contribution < -0.4 is 0 Å². The van der Waals surface area contributed by atoms with Crippen molar-refractivity contribution >= 4 is 17.5 Å². The zero-order valence-corrected chi connectivity index (χ0v) is 9.78. The van der Waals surface area contributed by atoms with Crippen molar-refractivity contribution in [2.24, 2.45) is 0 Å². The van der Waals surface area contributed by atoms with Crippen LogP contribution in [0.25, 0.3) is 0 Å². The predicted molar refractivity (Wildman–Crippen MR) is 65.5 cm³/mol. The number of carbonyl (C=O) groups excluding carboxylic acids is 1. The Morgan fingerprint density at radius 3 is 2.62 bits per heavy atom. The number of hydrogen-bond acceptors (Lipinski definition) is 1. The Labute approximate surface area is 101 Å². The van der Waals surface area contributed by atoms with Gasteiger partial charge in [0.2, 0.25) is 5.91 Å². The predicted octanol–water partition coefficient (Wildman–Crippen LogP) is 2.67. The normalized spacial score (nSPS) is 14.8. The number of rotatable bonds is 4. The van der Waals surface area contributed by atoms with E-state index in [0.29, 0.717) is 0 Å². The minimum atomic E-state index is 0.135. The standard InChI is InChI=1S/C13H14ClNO/c14-12-7-5-11(6-8-12)3-1-9-15-10-2-4-13(15)16/h2,4-8H,1,3,9-10H2. The van der Waals surface area contributed by atoms with E-state index < -0.39 is 0 Å². The van der Waals surface area contributed by atoms with E-state index in [1.807, 2.05) is 35.2 Å². The molecule has 0 radical (unpaired) electrons. The smallest absolute Gasteiger partial charge is 0.246 e. The van der Waals surface area contributed by atoms with Crippen LogP contribution in [-0.4, -0.2) is 23.9 Å². The Morgan fingerprint density at radius 1 is 1.25 bits per heavy atom. The van der Waals surface area contributed by atoms with E-state index in [4.69, 9.17) is 11.6 Å². The van der Waals surface area contributed by atoms with Crippen LogP contribution >= 0.6 is 11.6 Å². The molecule has 0 saturated heterocycles. The number of halogens is 1. The molecule has 0 bridgehead atoms. The molecule has 1 heterocycles. The van der Waals surface area contributed by atoms with Crippen molar-refractivity contribution in [2.75, 3.05) is 13.1 Å². The second-order valence-electron chi connectivity index (χ2n) is 3.92. The lowest BCUT2D eigenvalue weighted by molar-refractivity contribution is -0.124. The quantitative estimate of drug-likeness (QED) is 0.786. The maximum atomic E-state index is 11.3. The molecule has 0 fully saturated rings. The minimum Gasteiger partial charge on any atom is -0.335 e. The molecule has 1 aliphatic heterocycles. The average Bonchev–Trinajstić information content (AvgIpc) is 2.68. The minimum absolute atomic E-state index is 0.135. The van der Waals surface area contributed by atoms with Crippen LogP contribution in [0.1, 0.15) is 12.0 Å². The first-order valence-electron chi connectivity index (χ1n) is 5.45. The fourth-order valence-corrected chi connectivity index (χ4v) is 1.93. The Morgan fingerprint density at radius 2 is 2.00 bits per heavy atom. The summed E-state index contributed by atoms with van der Waals surface area (Å²) >= 11 is 5.81. The molecule has 2 rings (SSSR count). The molecular formula is C13H14ClNO. The molecule has 0 aliphatic carbocycles. The van der Waals surface area contributed by atoms with Crippen molar-refractivity contribution in [3.8, 4) is 0 Å². The van der Waals surface area contributed by atoms with Gasteiger partial charge in [0.25, 0.3) is 0 Å². The summed E-state index contributed by atoms with van der Waals surface area (Å²) in [6.07, 6.45) is 5.53. The number of hydrogen-bond donors (Lipinski definition) is 0. The molecule has 2 nitrogen and oxygen atoms in total. The summed E-state index contributed by atoms with van der Waals surface area (Å²) in [6, 6.07) is 7.87. The zero-order chi connectivity index (χ0) is 11.4. The Bertz CT molecular complexity index is 397. The number of carbonyl (C=O) groups is 1. The van der Waals surface area contributed by atoms with Gasteiger partial charge in [0.15, 0.2) is 0 Å². The van der Waals surface area contributed by atoms with Crippen molar-refractivity contribution < 1.29 is 4.79 Å². The first kappa shape index (κ1) is 11.2. The summed E-state index contributed by atoms with van der Waals surface area (Å²) < 4.78 is 0. The number of benzene rings is 1. The summed E-state index contributed by atoms with van der Waals surface area (Å²) in [5, 5.41) is 0.766. The summed E-state index contributed by atoms with van der Waals surface area (Å²) in [4.78, 5) is 13.1. The molecule has 1 aliphatic rings. The SMILES string of the molecule is O=C1C=CCN1CCCc1ccc(Cl)cc1. The average molecular weight is 236 g/mol. The number of aryl methyl sites for hydroxylation is 1. The molecule has 0 saturated carbocycles. The lowest BCUT2D eigenvalue weighted by atomic mass is 10.1. The van der Waals surface area contributed by atoms with E-state index >= 15 is 0 Å². The van der Waals surface area contributed by atoms with Crippen molar-refractivity contribution in [2.45, 2.75) is 12.8 Å². The Balaban J connectivity index is 1.76. The highest BCUT2D eigenvalue weighted by Gasteiger charge is 2.13. The third-order valence-electron chi connectivity index (χ3n) is 2.70. The Kier molecular flexibility index (Phi) is 3.62. The number of amides is 1. The first-order chi connectivity index (χ1) is 7.75. The molecule has 0 atom stereocenters. The zero-order valence-electron chi connectivity index (χ0n) is 9.03. The molecule has 0 aromatic heterocycles. The highest BCUT2D eigenvalue weighted by atomic mass is 35.5. The molecule has 1 amide bonds. The second kappa shape index (κ2) is 5.17. The topological polar surface area (TPSA) is 20.3 Å². The van der Waals surface area contributed by atoms with Gasteiger partial charge in [0.05, 0.1) is 0 Å². The van der Waals surface area contributed by atoms with Crippen LogP contribution in [0.2, 0.25) is 5.02 Å². The van der Waals surface area contributed by atoms with Crippen LogP contribution in [0.3, 0.4) is 0 Å². The van der Waals surface area contributed by atoms with Gasteiger partial charge in [-0.1, -0.05) is 29.8 Å². The Hall–Kier alpha value is -1.28. The third-order valence-corrected chi connectivity index (χ3v) is 2.96. The first-order valence-corrected chi connectivity index (χ1v) is 5.83. The van der Waals surface area contributed by atoms with E-state index in [1.165, 1.54) is 5.56 Å². The lowest BCUT2D eigenvalue weighted by Gasteiger charge is -2.14. The van der Waals surface area contributed by atoms with Crippen molar-refractivity contribution in [1.29, 1.82) is 0 Å². The molecule has 1 aromatic rings. The molecule has 0 spiro atoms. The van der Waals surface area contributed by atoms with Crippen LogP contribution in [0.4, 0.5) is 0 Å². The van der Waals surface area contributed by atoms with Crippen LogP contribution in [-0.2, 0) is 11.2 Å². The highest BCUT2D eigenvalue weighted by Crippen LogP contribution is 2.11. The van der Waals surface area contributed by atoms with Crippen molar-refractivity contribution in [3.05, 3.63) is 47.0 Å². The van der Waals surface area contributed by atoms with Gasteiger partial charge in [0, 0.05) is 24.2 Å². The molecule has 3 heteroatoms. The summed E-state index contributed by atoms with van der Waals surface area (Å²) in [5.41, 5.74) is 1.27. The van der Waals surface area contributed by atoms with E-state index in [2.05, 4.69) is 0 Å². The molecule has 16 heavy (non-hydrogen) atoms. The molecule has 1 aromatic carbocycles. The number of nitrogens with zero attached hydrogens (tertiary/aromatic N) is 1. The van der Waals surface area contributed by atoms with Gasteiger partial charge in [-0.25, -0.2) is 0 Å². The summed E-state index contributed by atoms with van der Waals surface area (Å²) in [5.74, 6) is 0.135. The molecule has 0 N–H and O–H groups in total. The lowest BCUT2D eigenvalue weighted by Crippen LogP contribution is -2.26. The third kappa shape index (κ3) is 2.86. The van der Waals surface area contributed by atoms with Crippen molar-refractivity contribution in [1.82, 2.24) is 4.90 Å². The fraction of sp³-hybridized carbons (Fsp3) is 0.308. The van der Waals surface area contributed by atoms with Crippen molar-refractivity contribution in [3.63, 3.8) is 0 Å². The van der Waals surface area contributed by atoms with E-state index in [0.717, 1.165) is 31.0 Å². The van der Waals surface area contributed by atoms with Gasteiger partial charge in [0.1, 0.15) is 0 Å². The maximum Gasteiger partial charge on any atom is 0.246 e. The van der Waals surface area contributed by atoms with Crippen LogP contribution in [0, 0.1) is 0 Å². The highest BCUT2D eigenvalue weighted by molar-refractivity contribution is 6.30. The molecular weight excluding hydrogens is 222 g/mol. The van der Waals surface area contributed by atoms with E-state index in [9.17, 15) is 4.79 Å². The van der Waals surface area contributed by atoms with Gasteiger partial charge >= 0.3 is 0 Å². The monoisotopic (exact) mass is 235 g/mol. The van der Waals surface area contributed by atoms with Gasteiger partial charge in [-0.3, -0.25) is 4.79 Å². The van der Waals surface area contributed by atoms with Gasteiger partial charge in [-0.05, 0) is 30.5 Å². The van der Waals surface area contributed by atoms with Gasteiger partial charge < -0.3 is 4.90 Å². The van der Waals surface area contributed by atoms with Crippen LogP contribution in [0.5, 0.6) is 0 Å². The summed E-state index contributed by atoms with van der Waals surface area (Å²) in [7, 11) is 0. The fourth-order valence-electron chi connectivity index (χ4n) is 1.80. The molecule has 84 valence electrons. The van der Waals surface area contributed by atoms with Gasteiger partial charge in [-0.15, -0.1) is 0 Å². The van der Waals surface area contributed by atoms with E-state index in [1.54, 1.807) is 6.08 Å². The van der Waals surface area contributed by atoms with Gasteiger partial charge in [-0.2, -0.15) is 0 Å². The largest absolute Gasteiger partial charge is 0.335 e. The molecule has 0 unspecified atom stereocenters. The van der Waals surface area contributed by atoms with E-state index in [-0.39, 0.29) is 5.91 Å². The summed E-state index contributed by atoms with van der Waals surface area (Å²) in [6.45, 7) is 1.59. The second-order valence-corrected chi connectivity index (χ2v) is 4.35. The van der Waals surface area contributed by atoms with Crippen LogP contribution in [0.15, 0.2) is 36.4 Å². The maximum absolute atomic E-state index is 11.3.